The molecule has 2 rings (SSSR count). The van der Waals surface area contributed by atoms with Gasteiger partial charge in [0.2, 0.25) is 5.91 Å². The van der Waals surface area contributed by atoms with Crippen LogP contribution in [0.5, 0.6) is 0 Å². The lowest BCUT2D eigenvalue weighted by Gasteiger charge is -2.27. The Morgan fingerprint density at radius 1 is 1.30 bits per heavy atom. The molecular weight excluding hydrogens is 282 g/mol. The molecular formula is C12H22ClN5O2. The second kappa shape index (κ2) is 8.08. The van der Waals surface area contributed by atoms with Crippen molar-refractivity contribution < 1.29 is 4.79 Å². The predicted molar refractivity (Wildman–Crippen MR) is 79.4 cm³/mol. The summed E-state index contributed by atoms with van der Waals surface area (Å²) in [4.78, 5) is 25.5. The van der Waals surface area contributed by atoms with Gasteiger partial charge in [0.1, 0.15) is 0 Å². The lowest BCUT2D eigenvalue weighted by atomic mass is 10.2. The first-order valence-corrected chi connectivity index (χ1v) is 6.62. The summed E-state index contributed by atoms with van der Waals surface area (Å²) in [5.41, 5.74) is 1.02. The highest BCUT2D eigenvalue weighted by Gasteiger charge is 2.12. The van der Waals surface area contributed by atoms with Gasteiger partial charge in [-0.1, -0.05) is 0 Å². The molecule has 1 aromatic rings. The highest BCUT2D eigenvalue weighted by atomic mass is 35.5. The first kappa shape index (κ1) is 16.7. The summed E-state index contributed by atoms with van der Waals surface area (Å²) in [6.07, 6.45) is 0.131. The zero-order valence-electron chi connectivity index (χ0n) is 11.6. The summed E-state index contributed by atoms with van der Waals surface area (Å²) in [7, 11) is 0. The van der Waals surface area contributed by atoms with Crippen LogP contribution in [-0.4, -0.2) is 60.3 Å². The summed E-state index contributed by atoms with van der Waals surface area (Å²) in [5, 5.41) is 11.3. The van der Waals surface area contributed by atoms with E-state index in [2.05, 4.69) is 25.7 Å². The van der Waals surface area contributed by atoms with Gasteiger partial charge in [-0.2, -0.15) is 0 Å². The van der Waals surface area contributed by atoms with Crippen molar-refractivity contribution in [3.8, 4) is 0 Å². The number of H-pyrrole nitrogens is 2. The van der Waals surface area contributed by atoms with Gasteiger partial charge in [-0.25, -0.2) is 0 Å². The maximum Gasteiger partial charge on any atom is 0.267 e. The number of hydrogen-bond donors (Lipinski definition) is 4. The number of rotatable bonds is 5. The fraction of sp³-hybridized carbons (Fsp3) is 0.667. The highest BCUT2D eigenvalue weighted by molar-refractivity contribution is 5.85. The third kappa shape index (κ3) is 4.66. The van der Waals surface area contributed by atoms with Gasteiger partial charge >= 0.3 is 0 Å². The molecule has 1 aliphatic rings. The van der Waals surface area contributed by atoms with E-state index in [4.69, 9.17) is 0 Å². The maximum atomic E-state index is 11.7. The van der Waals surface area contributed by atoms with E-state index >= 15 is 0 Å². The van der Waals surface area contributed by atoms with E-state index in [1.807, 2.05) is 0 Å². The third-order valence-corrected chi connectivity index (χ3v) is 3.39. The average Bonchev–Trinajstić information content (AvgIpc) is 2.72. The van der Waals surface area contributed by atoms with Crippen LogP contribution < -0.4 is 16.2 Å². The summed E-state index contributed by atoms with van der Waals surface area (Å²) in [6.45, 7) is 7.31. The van der Waals surface area contributed by atoms with Gasteiger partial charge < -0.3 is 15.7 Å². The van der Waals surface area contributed by atoms with Crippen LogP contribution >= 0.6 is 12.4 Å². The Balaban J connectivity index is 0.00000200. The molecule has 1 aliphatic heterocycles. The van der Waals surface area contributed by atoms with E-state index < -0.39 is 0 Å². The normalized spacial score (nSPS) is 15.7. The molecule has 0 radical (unpaired) electrons. The lowest BCUT2D eigenvalue weighted by Crippen LogP contribution is -2.46. The van der Waals surface area contributed by atoms with Crippen LogP contribution in [0.3, 0.4) is 0 Å². The molecule has 1 saturated heterocycles. The quantitative estimate of drug-likeness (QED) is 0.561. The van der Waals surface area contributed by atoms with Gasteiger partial charge in [-0.05, 0) is 6.92 Å². The number of aromatic amines is 2. The number of nitrogens with zero attached hydrogens (tertiary/aromatic N) is 1. The summed E-state index contributed by atoms with van der Waals surface area (Å²) in [5.74, 6) is -0.108. The van der Waals surface area contributed by atoms with Crippen molar-refractivity contribution in [3.63, 3.8) is 0 Å². The minimum Gasteiger partial charge on any atom is -0.355 e. The fourth-order valence-electron chi connectivity index (χ4n) is 2.20. The van der Waals surface area contributed by atoms with Crippen LogP contribution in [-0.2, 0) is 11.2 Å². The van der Waals surface area contributed by atoms with Gasteiger partial charge in [0, 0.05) is 50.5 Å². The van der Waals surface area contributed by atoms with Crippen molar-refractivity contribution in [1.29, 1.82) is 0 Å². The van der Waals surface area contributed by atoms with E-state index in [0.29, 0.717) is 12.1 Å². The monoisotopic (exact) mass is 303 g/mol. The van der Waals surface area contributed by atoms with Gasteiger partial charge in [0.15, 0.2) is 0 Å². The van der Waals surface area contributed by atoms with Crippen molar-refractivity contribution in [2.45, 2.75) is 13.3 Å². The highest BCUT2D eigenvalue weighted by Crippen LogP contribution is 1.97. The number of aryl methyl sites for hydroxylation is 1. The molecule has 0 spiro atoms. The molecule has 1 amide bonds. The molecule has 1 aromatic heterocycles. The first-order valence-electron chi connectivity index (χ1n) is 6.62. The van der Waals surface area contributed by atoms with E-state index in [-0.39, 0.29) is 30.3 Å². The fourth-order valence-corrected chi connectivity index (χ4v) is 2.20. The molecule has 8 heteroatoms. The largest absolute Gasteiger partial charge is 0.355 e. The summed E-state index contributed by atoms with van der Waals surface area (Å²) < 4.78 is 0. The average molecular weight is 304 g/mol. The van der Waals surface area contributed by atoms with Crippen molar-refractivity contribution in [1.82, 2.24) is 25.7 Å². The molecule has 0 saturated carbocycles. The predicted octanol–water partition coefficient (Wildman–Crippen LogP) is -1.00. The number of piperazine rings is 1. The Kier molecular flexibility index (Phi) is 6.77. The van der Waals surface area contributed by atoms with E-state index in [1.165, 1.54) is 0 Å². The van der Waals surface area contributed by atoms with E-state index in [9.17, 15) is 9.59 Å². The SMILES string of the molecule is Cc1[nH][nH]c(=O)c1CC(=O)NCCN1CCNCC1.Cl. The molecule has 0 atom stereocenters. The Labute approximate surface area is 123 Å². The molecule has 20 heavy (non-hydrogen) atoms. The second-order valence-electron chi connectivity index (χ2n) is 4.80. The molecule has 4 N–H and O–H groups in total. The molecule has 1 fully saturated rings. The van der Waals surface area contributed by atoms with Crippen LogP contribution in [0.4, 0.5) is 0 Å². The standard InChI is InChI=1S/C12H21N5O2.ClH/c1-9-10(12(19)16-15-9)8-11(18)14-4-7-17-5-2-13-3-6-17;/h13H,2-8H2,1H3,(H,14,18)(H2,15,16,19);1H. The van der Waals surface area contributed by atoms with Crippen molar-refractivity contribution in [2.24, 2.45) is 0 Å². The smallest absolute Gasteiger partial charge is 0.267 e. The van der Waals surface area contributed by atoms with Crippen LogP contribution in [0, 0.1) is 6.92 Å². The van der Waals surface area contributed by atoms with Crippen LogP contribution in [0.2, 0.25) is 0 Å². The molecule has 7 nitrogen and oxygen atoms in total. The van der Waals surface area contributed by atoms with Crippen LogP contribution in [0.25, 0.3) is 0 Å². The molecule has 2 heterocycles. The maximum absolute atomic E-state index is 11.7. The zero-order valence-corrected chi connectivity index (χ0v) is 12.4. The van der Waals surface area contributed by atoms with Crippen molar-refractivity contribution >= 4 is 18.3 Å². The Morgan fingerprint density at radius 3 is 2.60 bits per heavy atom. The number of carbonyl (C=O) groups is 1. The molecule has 0 bridgehead atoms. The number of hydrogen-bond acceptors (Lipinski definition) is 4. The third-order valence-electron chi connectivity index (χ3n) is 3.39. The number of amides is 1. The second-order valence-corrected chi connectivity index (χ2v) is 4.80. The molecule has 0 unspecified atom stereocenters. The lowest BCUT2D eigenvalue weighted by molar-refractivity contribution is -0.120. The van der Waals surface area contributed by atoms with E-state index in [1.54, 1.807) is 6.92 Å². The molecule has 0 aliphatic carbocycles. The van der Waals surface area contributed by atoms with Crippen LogP contribution in [0.15, 0.2) is 4.79 Å². The Hall–Kier alpha value is -1.31. The minimum absolute atomic E-state index is 0. The Morgan fingerprint density at radius 2 is 2.00 bits per heavy atom. The minimum atomic E-state index is -0.213. The van der Waals surface area contributed by atoms with Gasteiger partial charge in [0.05, 0.1) is 6.42 Å². The van der Waals surface area contributed by atoms with Gasteiger partial charge in [-0.15, -0.1) is 12.4 Å². The first-order chi connectivity index (χ1) is 9.16. The molecule has 0 aromatic carbocycles. The van der Waals surface area contributed by atoms with Crippen LogP contribution in [0.1, 0.15) is 11.3 Å². The van der Waals surface area contributed by atoms with Crippen molar-refractivity contribution in [2.75, 3.05) is 39.3 Å². The summed E-state index contributed by atoms with van der Waals surface area (Å²) >= 11 is 0. The number of carbonyl (C=O) groups excluding carboxylic acids is 1. The topological polar surface area (TPSA) is 93.0 Å². The number of halogens is 1. The van der Waals surface area contributed by atoms with Crippen molar-refractivity contribution in [3.05, 3.63) is 21.6 Å². The number of aromatic nitrogens is 2. The molecule has 114 valence electrons. The number of nitrogens with one attached hydrogen (secondary N) is 4. The van der Waals surface area contributed by atoms with Gasteiger partial charge in [0.25, 0.3) is 5.56 Å². The summed E-state index contributed by atoms with van der Waals surface area (Å²) in [6, 6.07) is 0. The zero-order chi connectivity index (χ0) is 13.7. The van der Waals surface area contributed by atoms with Gasteiger partial charge in [-0.3, -0.25) is 19.6 Å². The van der Waals surface area contributed by atoms with E-state index in [0.717, 1.165) is 38.4 Å². The Bertz CT molecular complexity index is 478.